The molecule has 0 aliphatic rings. The number of rotatable bonds is 5. The predicted molar refractivity (Wildman–Crippen MR) is 123 cm³/mol. The van der Waals surface area contributed by atoms with Crippen LogP contribution >= 0.6 is 11.6 Å². The number of hydrogen-bond donors (Lipinski definition) is 3. The number of benzene rings is 1. The lowest BCUT2D eigenvalue weighted by atomic mass is 10.1. The molecular formula is C21H18ClN9O2. The third-order valence-electron chi connectivity index (χ3n) is 5.14. The Morgan fingerprint density at radius 1 is 1.21 bits per heavy atom. The van der Waals surface area contributed by atoms with E-state index in [1.807, 2.05) is 13.0 Å². The van der Waals surface area contributed by atoms with Gasteiger partial charge < -0.3 is 15.5 Å². The van der Waals surface area contributed by atoms with Crippen LogP contribution < -0.4 is 16.6 Å². The maximum absolute atomic E-state index is 13.4. The van der Waals surface area contributed by atoms with Gasteiger partial charge in [0.1, 0.15) is 23.5 Å². The Balaban J connectivity index is 1.65. The van der Waals surface area contributed by atoms with Crippen molar-refractivity contribution in [3.8, 4) is 17.3 Å². The van der Waals surface area contributed by atoms with Crippen LogP contribution in [0.4, 0.5) is 11.6 Å². The van der Waals surface area contributed by atoms with Crippen molar-refractivity contribution < 1.29 is 4.42 Å². The maximum atomic E-state index is 13.4. The Morgan fingerprint density at radius 3 is 2.79 bits per heavy atom. The first-order chi connectivity index (χ1) is 15.9. The topological polar surface area (TPSA) is 153 Å². The smallest absolute Gasteiger partial charge is 0.264 e. The van der Waals surface area contributed by atoms with E-state index in [2.05, 4.69) is 35.7 Å². The monoisotopic (exact) mass is 463 g/mol. The molecular weight excluding hydrogens is 446 g/mol. The summed E-state index contributed by atoms with van der Waals surface area (Å²) in [4.78, 5) is 21.8. The summed E-state index contributed by atoms with van der Waals surface area (Å²) in [6, 6.07) is 8.39. The van der Waals surface area contributed by atoms with E-state index in [1.165, 1.54) is 10.9 Å². The number of H-pyrrole nitrogens is 1. The quantitative estimate of drug-likeness (QED) is 0.356. The summed E-state index contributed by atoms with van der Waals surface area (Å²) < 4.78 is 7.07. The van der Waals surface area contributed by atoms with Crippen molar-refractivity contribution in [1.29, 1.82) is 0 Å². The summed E-state index contributed by atoms with van der Waals surface area (Å²) in [7, 11) is 0. The number of fused-ring (bicyclic) bond motifs is 1. The zero-order valence-electron chi connectivity index (χ0n) is 17.6. The molecule has 1 atom stereocenters. The second-order valence-electron chi connectivity index (χ2n) is 7.35. The molecule has 0 saturated carbocycles. The van der Waals surface area contributed by atoms with E-state index in [1.54, 1.807) is 37.4 Å². The minimum absolute atomic E-state index is 0.182. The number of aromatic amines is 1. The van der Waals surface area contributed by atoms with Crippen LogP contribution in [0.1, 0.15) is 24.6 Å². The molecule has 166 valence electrons. The van der Waals surface area contributed by atoms with E-state index in [4.69, 9.17) is 21.8 Å². The van der Waals surface area contributed by atoms with Crippen LogP contribution in [-0.4, -0.2) is 34.9 Å². The fourth-order valence-corrected chi connectivity index (χ4v) is 3.80. The summed E-state index contributed by atoms with van der Waals surface area (Å²) in [5.41, 5.74) is 6.87. The Morgan fingerprint density at radius 2 is 2.06 bits per heavy atom. The molecule has 5 aromatic rings. The molecule has 5 rings (SSSR count). The van der Waals surface area contributed by atoms with Crippen LogP contribution in [0, 0.1) is 6.92 Å². The second-order valence-corrected chi connectivity index (χ2v) is 7.78. The van der Waals surface area contributed by atoms with Crippen LogP contribution in [0.25, 0.3) is 28.0 Å². The van der Waals surface area contributed by atoms with Crippen molar-refractivity contribution in [1.82, 2.24) is 34.9 Å². The number of pyridine rings is 1. The molecule has 4 aromatic heterocycles. The highest BCUT2D eigenvalue weighted by molar-refractivity contribution is 6.31. The van der Waals surface area contributed by atoms with E-state index in [0.29, 0.717) is 39.2 Å². The highest BCUT2D eigenvalue weighted by Gasteiger charge is 2.22. The number of aryl methyl sites for hydroxylation is 1. The first-order valence-electron chi connectivity index (χ1n) is 9.95. The Bertz CT molecular complexity index is 1530. The molecule has 0 saturated heterocycles. The van der Waals surface area contributed by atoms with Gasteiger partial charge in [-0.25, -0.2) is 9.97 Å². The molecule has 11 nitrogen and oxygen atoms in total. The van der Waals surface area contributed by atoms with E-state index < -0.39 is 6.04 Å². The van der Waals surface area contributed by atoms with Gasteiger partial charge in [0.15, 0.2) is 5.82 Å². The molecule has 0 fully saturated rings. The first kappa shape index (κ1) is 20.6. The van der Waals surface area contributed by atoms with Crippen LogP contribution in [0.5, 0.6) is 0 Å². The largest absolute Gasteiger partial charge is 0.421 e. The zero-order chi connectivity index (χ0) is 23.1. The van der Waals surface area contributed by atoms with Crippen LogP contribution in [0.15, 0.2) is 52.1 Å². The average molecular weight is 464 g/mol. The third kappa shape index (κ3) is 3.68. The van der Waals surface area contributed by atoms with E-state index in [-0.39, 0.29) is 17.3 Å². The second kappa shape index (κ2) is 8.02. The number of halogens is 1. The van der Waals surface area contributed by atoms with Gasteiger partial charge in [0.2, 0.25) is 5.89 Å². The van der Waals surface area contributed by atoms with Gasteiger partial charge in [-0.2, -0.15) is 5.10 Å². The highest BCUT2D eigenvalue weighted by Crippen LogP contribution is 2.32. The number of hydrogen-bond acceptors (Lipinski definition) is 9. The maximum Gasteiger partial charge on any atom is 0.264 e. The lowest BCUT2D eigenvalue weighted by Gasteiger charge is -2.21. The molecule has 0 aliphatic carbocycles. The number of aromatic nitrogens is 7. The molecule has 0 bridgehead atoms. The number of anilines is 2. The van der Waals surface area contributed by atoms with Crippen LogP contribution in [0.2, 0.25) is 5.02 Å². The molecule has 0 unspecified atom stereocenters. The first-order valence-corrected chi connectivity index (χ1v) is 10.3. The van der Waals surface area contributed by atoms with Gasteiger partial charge in [0, 0.05) is 29.6 Å². The number of nitrogen functional groups attached to an aromatic ring is 1. The van der Waals surface area contributed by atoms with Crippen LogP contribution in [0.3, 0.4) is 0 Å². The molecule has 0 spiro atoms. The third-order valence-corrected chi connectivity index (χ3v) is 5.37. The average Bonchev–Trinajstić information content (AvgIpc) is 3.46. The van der Waals surface area contributed by atoms with Crippen molar-refractivity contribution in [2.24, 2.45) is 0 Å². The van der Waals surface area contributed by atoms with E-state index in [0.717, 1.165) is 5.39 Å². The molecule has 1 aromatic carbocycles. The van der Waals surface area contributed by atoms with Gasteiger partial charge in [-0.15, -0.1) is 10.2 Å². The van der Waals surface area contributed by atoms with Gasteiger partial charge in [0.25, 0.3) is 11.4 Å². The summed E-state index contributed by atoms with van der Waals surface area (Å²) >= 11 is 6.14. The summed E-state index contributed by atoms with van der Waals surface area (Å²) in [6.45, 7) is 3.57. The molecule has 0 amide bonds. The van der Waals surface area contributed by atoms with Crippen molar-refractivity contribution in [2.75, 3.05) is 11.1 Å². The lowest BCUT2D eigenvalue weighted by molar-refractivity contribution is 0.532. The summed E-state index contributed by atoms with van der Waals surface area (Å²) in [5, 5.41) is 19.9. The molecule has 4 heterocycles. The van der Waals surface area contributed by atoms with E-state index >= 15 is 0 Å². The van der Waals surface area contributed by atoms with Crippen molar-refractivity contribution in [3.05, 3.63) is 69.8 Å². The minimum atomic E-state index is -0.411. The minimum Gasteiger partial charge on any atom is -0.421 e. The molecule has 0 aliphatic heterocycles. The van der Waals surface area contributed by atoms with E-state index in [9.17, 15) is 4.79 Å². The molecule has 12 heteroatoms. The fourth-order valence-electron chi connectivity index (χ4n) is 3.63. The Labute approximate surface area is 191 Å². The van der Waals surface area contributed by atoms with Crippen molar-refractivity contribution >= 4 is 34.0 Å². The molecule has 0 radical (unpaired) electrons. The zero-order valence-corrected chi connectivity index (χ0v) is 18.3. The van der Waals surface area contributed by atoms with Crippen molar-refractivity contribution in [2.45, 2.75) is 19.9 Å². The van der Waals surface area contributed by atoms with Gasteiger partial charge in [-0.05, 0) is 30.5 Å². The fraction of sp³-hybridized carbons (Fsp3) is 0.143. The predicted octanol–water partition coefficient (Wildman–Crippen LogP) is 3.27. The Kier molecular flexibility index (Phi) is 5.02. The molecule has 33 heavy (non-hydrogen) atoms. The van der Waals surface area contributed by atoms with Gasteiger partial charge in [-0.3, -0.25) is 14.5 Å². The number of nitrogens with one attached hydrogen (secondary N) is 2. The standard InChI is InChI=1S/C21H18ClN9O2/c1-10(27-19-17(18(23)24-9-25-19)20-30-28-11(2)33-20)15-7-12-3-4-13(22)8-14(12)21(32)31(15)16-5-6-26-29-16/h3-10H,1-2H3,(H,26,29)(H3,23,24,25,27)/t10-/m0/s1. The van der Waals surface area contributed by atoms with Crippen molar-refractivity contribution in [3.63, 3.8) is 0 Å². The van der Waals surface area contributed by atoms with Crippen LogP contribution in [-0.2, 0) is 0 Å². The summed E-state index contributed by atoms with van der Waals surface area (Å²) in [5.74, 6) is 1.59. The van der Waals surface area contributed by atoms with Gasteiger partial charge in [-0.1, -0.05) is 17.7 Å². The molecule has 4 N–H and O–H groups in total. The van der Waals surface area contributed by atoms with Gasteiger partial charge in [0.05, 0.1) is 11.7 Å². The van der Waals surface area contributed by atoms with Gasteiger partial charge >= 0.3 is 0 Å². The number of nitrogens with zero attached hydrogens (tertiary/aromatic N) is 6. The number of nitrogens with two attached hydrogens (primary N) is 1. The Hall–Kier alpha value is -4.25. The summed E-state index contributed by atoms with van der Waals surface area (Å²) in [6.07, 6.45) is 2.98. The normalized spacial score (nSPS) is 12.2. The highest BCUT2D eigenvalue weighted by atomic mass is 35.5. The SMILES string of the molecule is Cc1nnc(-c2c(N)ncnc2N[C@@H](C)c2cc3ccc(Cl)cc3c(=O)n2-c2cc[nH]n2)o1. The lowest BCUT2D eigenvalue weighted by Crippen LogP contribution is -2.26.